The minimum absolute atomic E-state index is 0.0907. The maximum absolute atomic E-state index is 11.9. The number of hydrogen-bond acceptors (Lipinski definition) is 4. The highest BCUT2D eigenvalue weighted by Gasteiger charge is 2.17. The van der Waals surface area contributed by atoms with Crippen LogP contribution in [0.15, 0.2) is 18.2 Å². The summed E-state index contributed by atoms with van der Waals surface area (Å²) in [4.78, 5) is 11.9. The lowest BCUT2D eigenvalue weighted by atomic mass is 10.2. The Hall–Kier alpha value is -1.75. The standard InChI is InChI=1S/C16H26N2O3/c1-6-17-10-13-7-8-14(15(9-13)20-5)21-12(4)16(19)18-11(2)3/h7-9,11-12,17H,6,10H2,1-5H3,(H,18,19). The van der Waals surface area contributed by atoms with Gasteiger partial charge in [0.05, 0.1) is 7.11 Å². The number of carbonyl (C=O) groups is 1. The Morgan fingerprint density at radius 3 is 2.52 bits per heavy atom. The van der Waals surface area contributed by atoms with Crippen molar-refractivity contribution in [2.45, 2.75) is 46.4 Å². The van der Waals surface area contributed by atoms with Crippen LogP contribution >= 0.6 is 0 Å². The summed E-state index contributed by atoms with van der Waals surface area (Å²) >= 11 is 0. The molecule has 0 heterocycles. The molecular weight excluding hydrogens is 268 g/mol. The van der Waals surface area contributed by atoms with E-state index in [2.05, 4.69) is 17.6 Å². The molecule has 1 amide bonds. The van der Waals surface area contributed by atoms with Crippen molar-refractivity contribution in [2.24, 2.45) is 0 Å². The molecule has 118 valence electrons. The van der Waals surface area contributed by atoms with Gasteiger partial charge in [-0.3, -0.25) is 4.79 Å². The van der Waals surface area contributed by atoms with Gasteiger partial charge in [0.15, 0.2) is 17.6 Å². The Morgan fingerprint density at radius 2 is 1.95 bits per heavy atom. The van der Waals surface area contributed by atoms with Crippen LogP contribution in [0.1, 0.15) is 33.3 Å². The largest absolute Gasteiger partial charge is 0.493 e. The second-order valence-electron chi connectivity index (χ2n) is 5.19. The SMILES string of the molecule is CCNCc1ccc(OC(C)C(=O)NC(C)C)c(OC)c1. The molecule has 5 heteroatoms. The lowest BCUT2D eigenvalue weighted by molar-refractivity contribution is -0.127. The van der Waals surface area contributed by atoms with E-state index in [1.165, 1.54) is 0 Å². The Bertz CT molecular complexity index is 461. The molecule has 0 aliphatic rings. The van der Waals surface area contributed by atoms with Gasteiger partial charge in [-0.1, -0.05) is 13.0 Å². The van der Waals surface area contributed by atoms with Crippen molar-refractivity contribution in [3.8, 4) is 11.5 Å². The molecule has 0 aliphatic carbocycles. The van der Waals surface area contributed by atoms with E-state index in [1.807, 2.05) is 32.0 Å². The number of benzene rings is 1. The van der Waals surface area contributed by atoms with Gasteiger partial charge in [-0.15, -0.1) is 0 Å². The topological polar surface area (TPSA) is 59.6 Å². The van der Waals surface area contributed by atoms with Crippen LogP contribution in [0.4, 0.5) is 0 Å². The maximum atomic E-state index is 11.9. The fourth-order valence-corrected chi connectivity index (χ4v) is 1.83. The number of carbonyl (C=O) groups excluding carboxylic acids is 1. The van der Waals surface area contributed by atoms with Crippen LogP contribution < -0.4 is 20.1 Å². The first kappa shape index (κ1) is 17.3. The van der Waals surface area contributed by atoms with Crippen LogP contribution in [0, 0.1) is 0 Å². The van der Waals surface area contributed by atoms with Gasteiger partial charge in [0.2, 0.25) is 0 Å². The molecule has 0 saturated carbocycles. The Balaban J connectivity index is 2.76. The highest BCUT2D eigenvalue weighted by molar-refractivity contribution is 5.81. The zero-order chi connectivity index (χ0) is 15.8. The van der Waals surface area contributed by atoms with E-state index >= 15 is 0 Å². The lowest BCUT2D eigenvalue weighted by Crippen LogP contribution is -2.40. The molecule has 1 unspecified atom stereocenters. The van der Waals surface area contributed by atoms with E-state index in [4.69, 9.17) is 9.47 Å². The van der Waals surface area contributed by atoms with Gasteiger partial charge >= 0.3 is 0 Å². The summed E-state index contributed by atoms with van der Waals surface area (Å²) in [7, 11) is 1.60. The molecule has 1 aromatic rings. The lowest BCUT2D eigenvalue weighted by Gasteiger charge is -2.18. The maximum Gasteiger partial charge on any atom is 0.260 e. The van der Waals surface area contributed by atoms with E-state index in [0.29, 0.717) is 11.5 Å². The zero-order valence-corrected chi connectivity index (χ0v) is 13.5. The normalized spacial score (nSPS) is 12.1. The van der Waals surface area contributed by atoms with Crippen LogP contribution in [0.5, 0.6) is 11.5 Å². The van der Waals surface area contributed by atoms with E-state index in [1.54, 1.807) is 14.0 Å². The molecule has 0 fully saturated rings. The minimum atomic E-state index is -0.569. The Kier molecular flexibility index (Phi) is 7.02. The van der Waals surface area contributed by atoms with Crippen molar-refractivity contribution < 1.29 is 14.3 Å². The summed E-state index contributed by atoms with van der Waals surface area (Å²) in [5, 5.41) is 6.08. The third-order valence-corrected chi connectivity index (χ3v) is 2.91. The van der Waals surface area contributed by atoms with E-state index in [9.17, 15) is 4.79 Å². The summed E-state index contributed by atoms with van der Waals surface area (Å²) in [6, 6.07) is 5.82. The zero-order valence-electron chi connectivity index (χ0n) is 13.5. The van der Waals surface area contributed by atoms with Crippen molar-refractivity contribution in [3.05, 3.63) is 23.8 Å². The van der Waals surface area contributed by atoms with Gasteiger partial charge in [0.25, 0.3) is 5.91 Å². The van der Waals surface area contributed by atoms with Crippen LogP contribution in [0.3, 0.4) is 0 Å². The number of ether oxygens (including phenoxy) is 2. The van der Waals surface area contributed by atoms with E-state index < -0.39 is 6.10 Å². The molecular formula is C16H26N2O3. The van der Waals surface area contributed by atoms with Gasteiger partial charge in [-0.05, 0) is 45.0 Å². The van der Waals surface area contributed by atoms with Crippen LogP contribution in [0.2, 0.25) is 0 Å². The van der Waals surface area contributed by atoms with Gasteiger partial charge in [-0.25, -0.2) is 0 Å². The summed E-state index contributed by atoms with van der Waals surface area (Å²) in [6.45, 7) is 9.30. The first-order chi connectivity index (χ1) is 9.97. The smallest absolute Gasteiger partial charge is 0.260 e. The molecule has 21 heavy (non-hydrogen) atoms. The summed E-state index contributed by atoms with van der Waals surface area (Å²) in [6.07, 6.45) is -0.569. The molecule has 1 atom stereocenters. The number of amides is 1. The van der Waals surface area contributed by atoms with Crippen LogP contribution in [0.25, 0.3) is 0 Å². The predicted octanol–water partition coefficient (Wildman–Crippen LogP) is 2.10. The average molecular weight is 294 g/mol. The molecule has 0 radical (unpaired) electrons. The first-order valence-electron chi connectivity index (χ1n) is 7.32. The van der Waals surface area contributed by atoms with Gasteiger partial charge in [0, 0.05) is 12.6 Å². The van der Waals surface area contributed by atoms with Crippen LogP contribution in [-0.4, -0.2) is 31.7 Å². The number of methoxy groups -OCH3 is 1. The number of rotatable bonds is 8. The highest BCUT2D eigenvalue weighted by atomic mass is 16.5. The predicted molar refractivity (Wildman–Crippen MR) is 83.7 cm³/mol. The quantitative estimate of drug-likeness (QED) is 0.771. The fourth-order valence-electron chi connectivity index (χ4n) is 1.83. The Labute approximate surface area is 127 Å². The van der Waals surface area contributed by atoms with Crippen LogP contribution in [-0.2, 0) is 11.3 Å². The third kappa shape index (κ3) is 5.63. The minimum Gasteiger partial charge on any atom is -0.493 e. The number of nitrogens with one attached hydrogen (secondary N) is 2. The van der Waals surface area contributed by atoms with Crippen molar-refractivity contribution >= 4 is 5.91 Å². The average Bonchev–Trinajstić information content (AvgIpc) is 2.45. The van der Waals surface area contributed by atoms with Crippen molar-refractivity contribution in [1.82, 2.24) is 10.6 Å². The molecule has 1 aromatic carbocycles. The van der Waals surface area contributed by atoms with Gasteiger partial charge < -0.3 is 20.1 Å². The molecule has 0 bridgehead atoms. The second-order valence-corrected chi connectivity index (χ2v) is 5.19. The Morgan fingerprint density at radius 1 is 1.24 bits per heavy atom. The molecule has 0 aliphatic heterocycles. The molecule has 0 aromatic heterocycles. The van der Waals surface area contributed by atoms with E-state index in [0.717, 1.165) is 18.7 Å². The van der Waals surface area contributed by atoms with Crippen molar-refractivity contribution in [1.29, 1.82) is 0 Å². The van der Waals surface area contributed by atoms with E-state index in [-0.39, 0.29) is 11.9 Å². The summed E-state index contributed by atoms with van der Waals surface area (Å²) in [5.74, 6) is 1.07. The first-order valence-corrected chi connectivity index (χ1v) is 7.32. The molecule has 1 rings (SSSR count). The summed E-state index contributed by atoms with van der Waals surface area (Å²) < 4.78 is 11.0. The highest BCUT2D eigenvalue weighted by Crippen LogP contribution is 2.29. The molecule has 0 spiro atoms. The van der Waals surface area contributed by atoms with Crippen molar-refractivity contribution in [2.75, 3.05) is 13.7 Å². The number of hydrogen-bond donors (Lipinski definition) is 2. The van der Waals surface area contributed by atoms with Gasteiger partial charge in [0.1, 0.15) is 0 Å². The molecule has 2 N–H and O–H groups in total. The molecule has 0 saturated heterocycles. The fraction of sp³-hybridized carbons (Fsp3) is 0.562. The summed E-state index contributed by atoms with van der Waals surface area (Å²) in [5.41, 5.74) is 1.11. The second kappa shape index (κ2) is 8.52. The monoisotopic (exact) mass is 294 g/mol. The van der Waals surface area contributed by atoms with Gasteiger partial charge in [-0.2, -0.15) is 0 Å². The van der Waals surface area contributed by atoms with Crippen molar-refractivity contribution in [3.63, 3.8) is 0 Å². The third-order valence-electron chi connectivity index (χ3n) is 2.91. The molecule has 5 nitrogen and oxygen atoms in total.